The van der Waals surface area contributed by atoms with Gasteiger partial charge in [-0.15, -0.1) is 0 Å². The zero-order chi connectivity index (χ0) is 23.8. The number of rotatable bonds is 6. The lowest BCUT2D eigenvalue weighted by molar-refractivity contribution is 0.0301. The van der Waals surface area contributed by atoms with E-state index in [2.05, 4.69) is 41.8 Å². The molecule has 0 spiro atoms. The zero-order valence-corrected chi connectivity index (χ0v) is 20.4. The first-order valence-corrected chi connectivity index (χ1v) is 12.5. The number of carbonyl (C=O) groups is 2. The minimum absolute atomic E-state index is 0.0411. The van der Waals surface area contributed by atoms with Gasteiger partial charge in [-0.25, -0.2) is 9.59 Å². The maximum Gasteiger partial charge on any atom is 0.338 e. The summed E-state index contributed by atoms with van der Waals surface area (Å²) in [5.74, 6) is -0.385. The van der Waals surface area contributed by atoms with Crippen molar-refractivity contribution in [2.24, 2.45) is 0 Å². The highest BCUT2D eigenvalue weighted by molar-refractivity contribution is 5.94. The van der Waals surface area contributed by atoms with Crippen LogP contribution in [-0.2, 0) is 35.3 Å². The monoisotopic (exact) mass is 462 g/mol. The Morgan fingerprint density at radius 3 is 2.62 bits per heavy atom. The topological polar surface area (TPSA) is 59.1 Å². The molecule has 0 unspecified atom stereocenters. The van der Waals surface area contributed by atoms with E-state index in [1.54, 1.807) is 0 Å². The largest absolute Gasteiger partial charge is 0.459 e. The number of benzene rings is 2. The number of hydrogen-bond acceptors (Lipinski definition) is 6. The molecule has 1 saturated heterocycles. The summed E-state index contributed by atoms with van der Waals surface area (Å²) in [5, 5.41) is 0. The number of nitrogens with zero attached hydrogens (tertiary/aromatic N) is 2. The summed E-state index contributed by atoms with van der Waals surface area (Å²) in [5.41, 5.74) is 7.47. The summed E-state index contributed by atoms with van der Waals surface area (Å²) in [6.45, 7) is 12.1. The first-order valence-electron chi connectivity index (χ1n) is 12.5. The van der Waals surface area contributed by atoms with E-state index in [-0.39, 0.29) is 18.0 Å². The first-order chi connectivity index (χ1) is 16.4. The van der Waals surface area contributed by atoms with Gasteiger partial charge >= 0.3 is 11.9 Å². The highest BCUT2D eigenvalue weighted by Gasteiger charge is 2.27. The van der Waals surface area contributed by atoms with Gasteiger partial charge in [-0.05, 0) is 68.0 Å². The standard InChI is InChI=1S/C28H34N2O4/c1-18-16-29(10-8-21-4-6-24-23(15-21)14-19(2)34-28(24)32)12-13-30(18)11-9-22-5-7-25-26(20(22)3)17-33-27(25)31/h4-7,15,18-19H,8-14,16-17H2,1-3H3/t18-,19-/m1/s1. The minimum Gasteiger partial charge on any atom is -0.459 e. The van der Waals surface area contributed by atoms with Crippen molar-refractivity contribution in [2.45, 2.75) is 58.8 Å². The number of fused-ring (bicyclic) bond motifs is 2. The fraction of sp³-hybridized carbons (Fsp3) is 0.500. The van der Waals surface area contributed by atoms with Crippen LogP contribution in [0.25, 0.3) is 0 Å². The third-order valence-electron chi connectivity index (χ3n) is 7.72. The normalized spacial score (nSPS) is 22.8. The smallest absolute Gasteiger partial charge is 0.338 e. The molecule has 2 aromatic carbocycles. The van der Waals surface area contributed by atoms with Crippen molar-refractivity contribution in [3.63, 3.8) is 0 Å². The van der Waals surface area contributed by atoms with Crippen molar-refractivity contribution in [2.75, 3.05) is 32.7 Å². The Balaban J connectivity index is 1.12. The average molecular weight is 463 g/mol. The molecular weight excluding hydrogens is 428 g/mol. The van der Waals surface area contributed by atoms with Crippen LogP contribution < -0.4 is 0 Å². The van der Waals surface area contributed by atoms with Crippen molar-refractivity contribution in [1.82, 2.24) is 9.80 Å². The Morgan fingerprint density at radius 2 is 1.79 bits per heavy atom. The highest BCUT2D eigenvalue weighted by Crippen LogP contribution is 2.27. The number of esters is 2. The lowest BCUT2D eigenvalue weighted by Gasteiger charge is -2.40. The maximum absolute atomic E-state index is 12.1. The lowest BCUT2D eigenvalue weighted by Crippen LogP contribution is -2.52. The number of hydrogen-bond donors (Lipinski definition) is 0. The van der Waals surface area contributed by atoms with Crippen LogP contribution in [0.15, 0.2) is 30.3 Å². The molecule has 0 saturated carbocycles. The molecule has 0 radical (unpaired) electrons. The molecule has 6 nitrogen and oxygen atoms in total. The predicted molar refractivity (Wildman–Crippen MR) is 130 cm³/mol. The van der Waals surface area contributed by atoms with Gasteiger partial charge in [0, 0.05) is 50.7 Å². The van der Waals surface area contributed by atoms with Gasteiger partial charge in [0.1, 0.15) is 12.7 Å². The van der Waals surface area contributed by atoms with Crippen molar-refractivity contribution < 1.29 is 19.1 Å². The third kappa shape index (κ3) is 4.62. The average Bonchev–Trinajstić information content (AvgIpc) is 3.19. The molecule has 2 aromatic rings. The fourth-order valence-electron chi connectivity index (χ4n) is 5.59. The number of cyclic esters (lactones) is 2. The molecule has 3 heterocycles. The minimum atomic E-state index is -0.193. The molecule has 3 aliphatic rings. The van der Waals surface area contributed by atoms with E-state index in [1.807, 2.05) is 19.1 Å². The molecule has 0 bridgehead atoms. The number of carbonyl (C=O) groups excluding carboxylic acids is 2. The second-order valence-electron chi connectivity index (χ2n) is 10.0. The zero-order valence-electron chi connectivity index (χ0n) is 20.4. The molecule has 34 heavy (non-hydrogen) atoms. The molecule has 1 fully saturated rings. The summed E-state index contributed by atoms with van der Waals surface area (Å²) < 4.78 is 10.5. The second-order valence-corrected chi connectivity index (χ2v) is 10.0. The number of ether oxygens (including phenoxy) is 2. The van der Waals surface area contributed by atoms with Crippen molar-refractivity contribution in [3.05, 3.63) is 69.3 Å². The van der Waals surface area contributed by atoms with Gasteiger partial charge in [0.15, 0.2) is 0 Å². The van der Waals surface area contributed by atoms with E-state index >= 15 is 0 Å². The van der Waals surface area contributed by atoms with Crippen LogP contribution >= 0.6 is 0 Å². The Bertz CT molecular complexity index is 1110. The Morgan fingerprint density at radius 1 is 0.971 bits per heavy atom. The van der Waals surface area contributed by atoms with Gasteiger partial charge in [0.25, 0.3) is 0 Å². The van der Waals surface area contributed by atoms with Crippen LogP contribution in [0.3, 0.4) is 0 Å². The molecule has 180 valence electrons. The summed E-state index contributed by atoms with van der Waals surface area (Å²) in [4.78, 5) is 29.0. The molecule has 2 atom stereocenters. The predicted octanol–water partition coefficient (Wildman–Crippen LogP) is 3.56. The van der Waals surface area contributed by atoms with Crippen LogP contribution in [-0.4, -0.2) is 66.6 Å². The van der Waals surface area contributed by atoms with E-state index in [0.717, 1.165) is 74.2 Å². The second kappa shape index (κ2) is 9.51. The van der Waals surface area contributed by atoms with Gasteiger partial charge in [0.05, 0.1) is 11.1 Å². The molecule has 0 aliphatic carbocycles. The van der Waals surface area contributed by atoms with Crippen LogP contribution in [0.1, 0.15) is 62.4 Å². The molecule has 5 rings (SSSR count). The molecule has 6 heteroatoms. The van der Waals surface area contributed by atoms with Crippen molar-refractivity contribution in [3.8, 4) is 0 Å². The number of piperazine rings is 1. The first kappa shape index (κ1) is 23.1. The van der Waals surface area contributed by atoms with E-state index in [9.17, 15) is 9.59 Å². The van der Waals surface area contributed by atoms with Gasteiger partial charge in [-0.1, -0.05) is 18.2 Å². The van der Waals surface area contributed by atoms with Crippen LogP contribution in [0, 0.1) is 6.92 Å². The van der Waals surface area contributed by atoms with Gasteiger partial charge in [-0.3, -0.25) is 4.90 Å². The Kier molecular flexibility index (Phi) is 6.45. The van der Waals surface area contributed by atoms with E-state index < -0.39 is 0 Å². The quantitative estimate of drug-likeness (QED) is 0.612. The van der Waals surface area contributed by atoms with Crippen LogP contribution in [0.4, 0.5) is 0 Å². The highest BCUT2D eigenvalue weighted by atomic mass is 16.5. The fourth-order valence-corrected chi connectivity index (χ4v) is 5.59. The summed E-state index contributed by atoms with van der Waals surface area (Å²) in [7, 11) is 0. The van der Waals surface area contributed by atoms with Gasteiger partial charge in [0.2, 0.25) is 0 Å². The lowest BCUT2D eigenvalue weighted by atomic mass is 9.95. The van der Waals surface area contributed by atoms with Crippen molar-refractivity contribution in [1.29, 1.82) is 0 Å². The summed E-state index contributed by atoms with van der Waals surface area (Å²) in [6.07, 6.45) is 2.75. The van der Waals surface area contributed by atoms with E-state index in [4.69, 9.17) is 9.47 Å². The molecule has 0 amide bonds. The molecule has 0 aromatic heterocycles. The Hall–Kier alpha value is -2.70. The summed E-state index contributed by atoms with van der Waals surface area (Å²) >= 11 is 0. The maximum atomic E-state index is 12.1. The summed E-state index contributed by atoms with van der Waals surface area (Å²) in [6, 6.07) is 10.7. The Labute approximate surface area is 201 Å². The SMILES string of the molecule is Cc1c(CCN2CCN(CCc3ccc4c(c3)C[C@@H](C)OC4=O)C[C@H]2C)ccc2c1COC2=O. The molecular formula is C28H34N2O4. The van der Waals surface area contributed by atoms with Gasteiger partial charge in [-0.2, -0.15) is 0 Å². The van der Waals surface area contributed by atoms with Gasteiger partial charge < -0.3 is 14.4 Å². The van der Waals surface area contributed by atoms with E-state index in [0.29, 0.717) is 12.6 Å². The van der Waals surface area contributed by atoms with Crippen LogP contribution in [0.5, 0.6) is 0 Å². The molecule has 3 aliphatic heterocycles. The van der Waals surface area contributed by atoms with Crippen LogP contribution in [0.2, 0.25) is 0 Å². The van der Waals surface area contributed by atoms with Crippen molar-refractivity contribution >= 4 is 11.9 Å². The van der Waals surface area contributed by atoms with E-state index in [1.165, 1.54) is 16.7 Å². The molecule has 0 N–H and O–H groups in total. The third-order valence-corrected chi connectivity index (χ3v) is 7.72.